The van der Waals surface area contributed by atoms with Crippen LogP contribution >= 0.6 is 0 Å². The Bertz CT molecular complexity index is 890. The molecule has 0 N–H and O–H groups in total. The monoisotopic (exact) mass is 357 g/mol. The smallest absolute Gasteiger partial charge is 0.270 e. The topological polar surface area (TPSA) is 64.0 Å². The van der Waals surface area contributed by atoms with E-state index < -0.39 is 5.60 Å². The van der Waals surface area contributed by atoms with Gasteiger partial charge < -0.3 is 23.8 Å². The van der Waals surface area contributed by atoms with E-state index in [1.165, 1.54) is 0 Å². The van der Waals surface area contributed by atoms with Gasteiger partial charge in [0.1, 0.15) is 23.7 Å². The fourth-order valence-corrected chi connectivity index (χ4v) is 3.96. The highest BCUT2D eigenvalue weighted by Crippen LogP contribution is 2.31. The molecule has 2 saturated heterocycles. The summed E-state index contributed by atoms with van der Waals surface area (Å²) in [5, 5.41) is 1.00. The van der Waals surface area contributed by atoms with Gasteiger partial charge in [-0.2, -0.15) is 0 Å². The first-order valence-corrected chi connectivity index (χ1v) is 8.73. The van der Waals surface area contributed by atoms with E-state index in [-0.39, 0.29) is 18.4 Å². The number of morpholine rings is 1. The summed E-state index contributed by atoms with van der Waals surface area (Å²) in [5.41, 5.74) is 1.16. The number of fused-ring (bicyclic) bond motifs is 1. The molecule has 1 aromatic heterocycles. The number of carbonyl (C=O) groups excluding carboxylic acids is 2. The van der Waals surface area contributed by atoms with Crippen molar-refractivity contribution in [3.05, 3.63) is 30.0 Å². The van der Waals surface area contributed by atoms with Gasteiger partial charge in [0.2, 0.25) is 5.91 Å². The molecule has 7 heteroatoms. The van der Waals surface area contributed by atoms with Crippen molar-refractivity contribution in [3.63, 3.8) is 0 Å². The average Bonchev–Trinajstić information content (AvgIpc) is 3.20. The number of carbonyl (C=O) groups is 2. The molecule has 138 valence electrons. The van der Waals surface area contributed by atoms with Gasteiger partial charge >= 0.3 is 0 Å². The van der Waals surface area contributed by atoms with Crippen molar-refractivity contribution in [3.8, 4) is 5.75 Å². The molecule has 4 rings (SSSR count). The van der Waals surface area contributed by atoms with E-state index in [9.17, 15) is 9.59 Å². The van der Waals surface area contributed by atoms with Gasteiger partial charge in [-0.15, -0.1) is 0 Å². The third kappa shape index (κ3) is 2.63. The molecule has 0 saturated carbocycles. The molecule has 26 heavy (non-hydrogen) atoms. The van der Waals surface area contributed by atoms with Crippen LogP contribution in [0.15, 0.2) is 24.3 Å². The largest absolute Gasteiger partial charge is 0.497 e. The fraction of sp³-hybridized carbons (Fsp3) is 0.474. The lowest BCUT2D eigenvalue weighted by Gasteiger charge is -2.38. The first kappa shape index (κ1) is 16.9. The summed E-state index contributed by atoms with van der Waals surface area (Å²) in [7, 11) is 5.31. The van der Waals surface area contributed by atoms with Crippen molar-refractivity contribution in [2.24, 2.45) is 7.05 Å². The molecule has 1 atom stereocenters. The summed E-state index contributed by atoms with van der Waals surface area (Å²) in [6, 6.07) is 7.70. The number of nitrogens with zero attached hydrogens (tertiary/aromatic N) is 3. The Balaban J connectivity index is 1.58. The third-order valence-corrected chi connectivity index (χ3v) is 5.53. The summed E-state index contributed by atoms with van der Waals surface area (Å²) in [4.78, 5) is 28.3. The van der Waals surface area contributed by atoms with Gasteiger partial charge in [-0.05, 0) is 24.6 Å². The lowest BCUT2D eigenvalue weighted by Crippen LogP contribution is -2.54. The Labute approximate surface area is 152 Å². The predicted octanol–water partition coefficient (Wildman–Crippen LogP) is 1.26. The van der Waals surface area contributed by atoms with E-state index in [0.29, 0.717) is 25.3 Å². The molecule has 0 aliphatic carbocycles. The first-order chi connectivity index (χ1) is 12.4. The summed E-state index contributed by atoms with van der Waals surface area (Å²) in [5.74, 6) is 0.742. The van der Waals surface area contributed by atoms with Gasteiger partial charge in [0.05, 0.1) is 25.7 Å². The van der Waals surface area contributed by atoms with Crippen molar-refractivity contribution < 1.29 is 19.1 Å². The molecule has 1 spiro atoms. The Kier molecular flexibility index (Phi) is 3.91. The molecule has 2 aliphatic heterocycles. The maximum absolute atomic E-state index is 13.1. The number of aromatic nitrogens is 1. The lowest BCUT2D eigenvalue weighted by molar-refractivity contribution is -0.158. The van der Waals surface area contributed by atoms with E-state index in [1.54, 1.807) is 19.1 Å². The van der Waals surface area contributed by atoms with Crippen LogP contribution in [0.5, 0.6) is 5.75 Å². The lowest BCUT2D eigenvalue weighted by atomic mass is 10.0. The number of hydrogen-bond acceptors (Lipinski definition) is 4. The summed E-state index contributed by atoms with van der Waals surface area (Å²) in [6.07, 6.45) is 0.744. The molecule has 2 aliphatic rings. The van der Waals surface area contributed by atoms with Crippen LogP contribution in [0.1, 0.15) is 16.9 Å². The van der Waals surface area contributed by atoms with Crippen molar-refractivity contribution in [1.82, 2.24) is 14.4 Å². The number of hydrogen-bond donors (Lipinski definition) is 0. The Morgan fingerprint density at radius 1 is 1.23 bits per heavy atom. The highest BCUT2D eigenvalue weighted by Gasteiger charge is 2.45. The maximum Gasteiger partial charge on any atom is 0.270 e. The van der Waals surface area contributed by atoms with Crippen LogP contribution in [0.25, 0.3) is 10.9 Å². The Morgan fingerprint density at radius 2 is 2.04 bits per heavy atom. The molecule has 3 heterocycles. The van der Waals surface area contributed by atoms with Crippen LogP contribution in [0.4, 0.5) is 0 Å². The summed E-state index contributed by atoms with van der Waals surface area (Å²) in [6.45, 7) is 1.76. The van der Waals surface area contributed by atoms with Crippen molar-refractivity contribution in [1.29, 1.82) is 0 Å². The summed E-state index contributed by atoms with van der Waals surface area (Å²) >= 11 is 0. The Hall–Kier alpha value is -2.54. The SMILES string of the molecule is COc1ccc2cc(C(=O)N3CC[C@]4(CN(C)C(=O)CO4)C3)n(C)c2c1. The molecule has 7 nitrogen and oxygen atoms in total. The van der Waals surface area contributed by atoms with E-state index in [2.05, 4.69) is 0 Å². The van der Waals surface area contributed by atoms with Crippen LogP contribution in [-0.2, 0) is 16.6 Å². The Morgan fingerprint density at radius 3 is 2.77 bits per heavy atom. The van der Waals surface area contributed by atoms with Gasteiger partial charge in [0.15, 0.2) is 0 Å². The fourth-order valence-electron chi connectivity index (χ4n) is 3.96. The molecular formula is C19H23N3O4. The number of methoxy groups -OCH3 is 1. The zero-order chi connectivity index (χ0) is 18.5. The van der Waals surface area contributed by atoms with Gasteiger partial charge in [-0.3, -0.25) is 9.59 Å². The molecule has 2 aromatic rings. The predicted molar refractivity (Wildman–Crippen MR) is 96.3 cm³/mol. The van der Waals surface area contributed by atoms with E-state index in [4.69, 9.17) is 9.47 Å². The van der Waals surface area contributed by atoms with Crippen LogP contribution in [0.3, 0.4) is 0 Å². The standard InChI is InChI=1S/C19H23N3O4/c1-20-11-19(26-10-17(20)23)6-7-22(12-19)18(24)16-8-13-4-5-14(25-3)9-15(13)21(16)2/h4-5,8-9H,6-7,10-12H2,1-3H3/t19-/m0/s1. The number of ether oxygens (including phenoxy) is 2. The van der Waals surface area contributed by atoms with Gasteiger partial charge in [-0.25, -0.2) is 0 Å². The molecule has 0 radical (unpaired) electrons. The number of likely N-dealkylation sites (tertiary alicyclic amines) is 1. The average molecular weight is 357 g/mol. The second-order valence-electron chi connectivity index (χ2n) is 7.21. The first-order valence-electron chi connectivity index (χ1n) is 8.73. The molecule has 0 bridgehead atoms. The van der Waals surface area contributed by atoms with Crippen LogP contribution in [0.2, 0.25) is 0 Å². The molecule has 2 fully saturated rings. The van der Waals surface area contributed by atoms with Gasteiger partial charge in [0, 0.05) is 32.1 Å². The number of likely N-dealkylation sites (N-methyl/N-ethyl adjacent to an activating group) is 1. The minimum absolute atomic E-state index is 0.0111. The van der Waals surface area contributed by atoms with E-state index >= 15 is 0 Å². The second kappa shape index (κ2) is 6.02. The van der Waals surface area contributed by atoms with Crippen LogP contribution in [-0.4, -0.2) is 72.2 Å². The van der Waals surface area contributed by atoms with Gasteiger partial charge in [-0.1, -0.05) is 0 Å². The number of benzene rings is 1. The van der Waals surface area contributed by atoms with Crippen LogP contribution in [0, 0.1) is 0 Å². The minimum atomic E-state index is -0.438. The third-order valence-electron chi connectivity index (χ3n) is 5.53. The van der Waals surface area contributed by atoms with Gasteiger partial charge in [0.25, 0.3) is 5.91 Å². The van der Waals surface area contributed by atoms with E-state index in [1.807, 2.05) is 40.8 Å². The van der Waals surface area contributed by atoms with Crippen molar-refractivity contribution in [2.75, 3.05) is 40.4 Å². The highest BCUT2D eigenvalue weighted by atomic mass is 16.5. The number of amides is 2. The second-order valence-corrected chi connectivity index (χ2v) is 7.21. The number of rotatable bonds is 2. The zero-order valence-electron chi connectivity index (χ0n) is 15.3. The molecule has 1 aromatic carbocycles. The summed E-state index contributed by atoms with van der Waals surface area (Å²) < 4.78 is 13.0. The van der Waals surface area contributed by atoms with Crippen molar-refractivity contribution >= 4 is 22.7 Å². The van der Waals surface area contributed by atoms with Crippen molar-refractivity contribution in [2.45, 2.75) is 12.0 Å². The quantitative estimate of drug-likeness (QED) is 0.812. The molecular weight excluding hydrogens is 334 g/mol. The van der Waals surface area contributed by atoms with Crippen LogP contribution < -0.4 is 4.74 Å². The molecule has 2 amide bonds. The number of aryl methyl sites for hydroxylation is 1. The zero-order valence-corrected chi connectivity index (χ0v) is 15.3. The molecule has 0 unspecified atom stereocenters. The normalized spacial score (nSPS) is 23.3. The van der Waals surface area contributed by atoms with E-state index in [0.717, 1.165) is 23.1 Å². The maximum atomic E-state index is 13.1. The highest BCUT2D eigenvalue weighted by molar-refractivity contribution is 5.99. The minimum Gasteiger partial charge on any atom is -0.497 e.